The Labute approximate surface area is 212 Å². The number of rotatable bonds is 6. The Kier molecular flexibility index (Phi) is 7.18. The first kappa shape index (κ1) is 24.4. The standard InChI is InChI=1S/C26H24N4O3S2/c1-17(14-19-10-6-4-7-11-19)15-21-24(32)29(26(34)35-21)16-22(31)27-23-18(2)28(3)30(25(23)33)20-12-8-5-9-13-20/h4-15H,16H2,1-3H3,(H,27,31)/b17-14+,21-15-. The number of anilines is 1. The van der Waals surface area contributed by atoms with E-state index in [1.807, 2.05) is 73.7 Å². The number of carbonyl (C=O) groups excluding carboxylic acids is 2. The summed E-state index contributed by atoms with van der Waals surface area (Å²) in [6.45, 7) is 3.38. The molecule has 0 saturated carbocycles. The van der Waals surface area contributed by atoms with E-state index in [1.54, 1.807) is 24.7 Å². The van der Waals surface area contributed by atoms with E-state index in [0.717, 1.165) is 22.9 Å². The third-order valence-corrected chi connectivity index (χ3v) is 6.92. The Morgan fingerprint density at radius 1 is 1.06 bits per heavy atom. The summed E-state index contributed by atoms with van der Waals surface area (Å²) in [5, 5.41) is 2.68. The number of allylic oxidation sites excluding steroid dienone is 2. The van der Waals surface area contributed by atoms with Crippen molar-refractivity contribution in [2.24, 2.45) is 7.05 Å². The molecule has 3 aromatic rings. The van der Waals surface area contributed by atoms with Gasteiger partial charge in [-0.15, -0.1) is 0 Å². The second kappa shape index (κ2) is 10.3. The maximum atomic E-state index is 13.0. The van der Waals surface area contributed by atoms with Crippen LogP contribution in [0.5, 0.6) is 0 Å². The Hall–Kier alpha value is -3.69. The van der Waals surface area contributed by atoms with Gasteiger partial charge in [0.25, 0.3) is 11.5 Å². The van der Waals surface area contributed by atoms with E-state index in [9.17, 15) is 14.4 Å². The van der Waals surface area contributed by atoms with Gasteiger partial charge in [0.05, 0.1) is 16.3 Å². The Balaban J connectivity index is 1.49. The van der Waals surface area contributed by atoms with Crippen molar-refractivity contribution in [3.63, 3.8) is 0 Å². The molecule has 7 nitrogen and oxygen atoms in total. The van der Waals surface area contributed by atoms with Gasteiger partial charge in [0.2, 0.25) is 5.91 Å². The van der Waals surface area contributed by atoms with Crippen molar-refractivity contribution in [3.8, 4) is 5.69 Å². The van der Waals surface area contributed by atoms with Crippen LogP contribution in [0.15, 0.2) is 82.0 Å². The molecule has 178 valence electrons. The third kappa shape index (κ3) is 5.21. The van der Waals surface area contributed by atoms with Crippen molar-refractivity contribution in [1.82, 2.24) is 14.3 Å². The highest BCUT2D eigenvalue weighted by molar-refractivity contribution is 8.26. The van der Waals surface area contributed by atoms with E-state index in [1.165, 1.54) is 9.58 Å². The molecule has 9 heteroatoms. The molecule has 1 aliphatic heterocycles. The van der Waals surface area contributed by atoms with Gasteiger partial charge < -0.3 is 5.32 Å². The van der Waals surface area contributed by atoms with Crippen molar-refractivity contribution in [1.29, 1.82) is 0 Å². The molecule has 0 aliphatic carbocycles. The van der Waals surface area contributed by atoms with Crippen LogP contribution in [0.25, 0.3) is 11.8 Å². The van der Waals surface area contributed by atoms with Gasteiger partial charge in [-0.2, -0.15) is 0 Å². The number of carbonyl (C=O) groups is 2. The van der Waals surface area contributed by atoms with Crippen LogP contribution in [0.4, 0.5) is 5.69 Å². The number of hydrogen-bond acceptors (Lipinski definition) is 5. The average molecular weight is 505 g/mol. The molecule has 2 amide bonds. The van der Waals surface area contributed by atoms with Gasteiger partial charge in [-0.25, -0.2) is 4.68 Å². The quantitative estimate of drug-likeness (QED) is 0.401. The zero-order valence-corrected chi connectivity index (χ0v) is 21.2. The molecular formula is C26H24N4O3S2. The van der Waals surface area contributed by atoms with E-state index in [2.05, 4.69) is 5.32 Å². The summed E-state index contributed by atoms with van der Waals surface area (Å²) < 4.78 is 3.46. The summed E-state index contributed by atoms with van der Waals surface area (Å²) >= 11 is 6.52. The number of benzene rings is 2. The Morgan fingerprint density at radius 2 is 1.69 bits per heavy atom. The summed E-state index contributed by atoms with van der Waals surface area (Å²) in [4.78, 5) is 40.5. The highest BCUT2D eigenvalue weighted by Crippen LogP contribution is 2.32. The van der Waals surface area contributed by atoms with Gasteiger partial charge in [0.1, 0.15) is 16.6 Å². The van der Waals surface area contributed by atoms with Crippen LogP contribution in [0.2, 0.25) is 0 Å². The summed E-state index contributed by atoms with van der Waals surface area (Å²) in [6.07, 6.45) is 3.74. The molecule has 4 rings (SSSR count). The number of nitrogens with one attached hydrogen (secondary N) is 1. The minimum Gasteiger partial charge on any atom is -0.318 e. The largest absolute Gasteiger partial charge is 0.318 e. The van der Waals surface area contributed by atoms with E-state index >= 15 is 0 Å². The highest BCUT2D eigenvalue weighted by Gasteiger charge is 2.33. The van der Waals surface area contributed by atoms with Crippen LogP contribution in [0.1, 0.15) is 18.2 Å². The zero-order valence-electron chi connectivity index (χ0n) is 19.5. The lowest BCUT2D eigenvalue weighted by atomic mass is 10.1. The fraction of sp³-hybridized carbons (Fsp3) is 0.154. The van der Waals surface area contributed by atoms with Gasteiger partial charge in [-0.05, 0) is 43.2 Å². The number of nitrogens with zero attached hydrogens (tertiary/aromatic N) is 3. The zero-order chi connectivity index (χ0) is 25.1. The summed E-state index contributed by atoms with van der Waals surface area (Å²) in [5.74, 6) is -0.826. The molecule has 35 heavy (non-hydrogen) atoms. The minimum absolute atomic E-state index is 0.170. The fourth-order valence-corrected chi connectivity index (χ4v) is 5.04. The van der Waals surface area contributed by atoms with Crippen LogP contribution in [-0.2, 0) is 16.6 Å². The third-order valence-electron chi connectivity index (χ3n) is 5.55. The minimum atomic E-state index is -0.495. The van der Waals surface area contributed by atoms with Crippen LogP contribution >= 0.6 is 24.0 Å². The van der Waals surface area contributed by atoms with E-state index < -0.39 is 5.91 Å². The van der Waals surface area contributed by atoms with Crippen molar-refractivity contribution in [3.05, 3.63) is 98.8 Å². The molecule has 1 saturated heterocycles. The SMILES string of the molecule is CC(/C=C1\SC(=S)N(CC(=O)Nc2c(C)n(C)n(-c3ccccc3)c2=O)C1=O)=C\c1ccccc1. The fourth-order valence-electron chi connectivity index (χ4n) is 3.73. The smallest absolute Gasteiger partial charge is 0.295 e. The van der Waals surface area contributed by atoms with Crippen LogP contribution in [-0.4, -0.2) is 36.9 Å². The van der Waals surface area contributed by atoms with Gasteiger partial charge in [0, 0.05) is 7.05 Å². The number of thiocarbonyl (C=S) groups is 1. The normalized spacial score (nSPS) is 15.2. The molecular weight excluding hydrogens is 480 g/mol. The summed E-state index contributed by atoms with van der Waals surface area (Å²) in [7, 11) is 1.75. The number of amides is 2. The Morgan fingerprint density at radius 3 is 2.34 bits per heavy atom. The van der Waals surface area contributed by atoms with Crippen LogP contribution in [0, 0.1) is 6.92 Å². The van der Waals surface area contributed by atoms with Gasteiger partial charge in [0.15, 0.2) is 0 Å². The first-order chi connectivity index (χ1) is 16.8. The molecule has 0 radical (unpaired) electrons. The summed E-state index contributed by atoms with van der Waals surface area (Å²) in [6, 6.07) is 18.9. The van der Waals surface area contributed by atoms with Gasteiger partial charge in [-0.1, -0.05) is 78.6 Å². The number of aromatic nitrogens is 2. The predicted molar refractivity (Wildman–Crippen MR) is 144 cm³/mol. The van der Waals surface area contributed by atoms with E-state index in [0.29, 0.717) is 20.6 Å². The monoisotopic (exact) mass is 504 g/mol. The van der Waals surface area contributed by atoms with Crippen molar-refractivity contribution in [2.75, 3.05) is 11.9 Å². The second-order valence-electron chi connectivity index (χ2n) is 8.05. The lowest BCUT2D eigenvalue weighted by molar-refractivity contribution is -0.126. The van der Waals surface area contributed by atoms with E-state index in [-0.39, 0.29) is 23.7 Å². The number of hydrogen-bond donors (Lipinski definition) is 1. The van der Waals surface area contributed by atoms with E-state index in [4.69, 9.17) is 12.2 Å². The van der Waals surface area contributed by atoms with Crippen molar-refractivity contribution < 1.29 is 9.59 Å². The predicted octanol–water partition coefficient (Wildman–Crippen LogP) is 4.27. The molecule has 0 bridgehead atoms. The lowest BCUT2D eigenvalue weighted by Crippen LogP contribution is -2.37. The van der Waals surface area contributed by atoms with Gasteiger partial charge in [-0.3, -0.25) is 24.0 Å². The maximum absolute atomic E-state index is 13.0. The number of thioether (sulfide) groups is 1. The molecule has 0 spiro atoms. The van der Waals surface area contributed by atoms with Crippen LogP contribution < -0.4 is 10.9 Å². The second-order valence-corrected chi connectivity index (χ2v) is 9.73. The summed E-state index contributed by atoms with van der Waals surface area (Å²) in [5.41, 5.74) is 3.02. The first-order valence-electron chi connectivity index (χ1n) is 10.9. The number of para-hydroxylation sites is 1. The first-order valence-corrected chi connectivity index (χ1v) is 12.1. The average Bonchev–Trinajstić information content (AvgIpc) is 3.21. The highest BCUT2D eigenvalue weighted by atomic mass is 32.2. The molecule has 0 atom stereocenters. The van der Waals surface area contributed by atoms with Crippen molar-refractivity contribution >= 4 is 51.9 Å². The molecule has 2 aromatic carbocycles. The molecule has 1 aromatic heterocycles. The molecule has 1 N–H and O–H groups in total. The molecule has 1 fully saturated rings. The van der Waals surface area contributed by atoms with Crippen molar-refractivity contribution in [2.45, 2.75) is 13.8 Å². The lowest BCUT2D eigenvalue weighted by Gasteiger charge is -2.13. The van der Waals surface area contributed by atoms with Gasteiger partial charge >= 0.3 is 0 Å². The van der Waals surface area contributed by atoms with Crippen LogP contribution in [0.3, 0.4) is 0 Å². The Bertz CT molecular complexity index is 1420. The molecule has 1 aliphatic rings. The molecule has 2 heterocycles. The topological polar surface area (TPSA) is 76.3 Å². The molecule has 0 unspecified atom stereocenters. The maximum Gasteiger partial charge on any atom is 0.295 e.